The first-order valence-electron chi connectivity index (χ1n) is 7.76. The summed E-state index contributed by atoms with van der Waals surface area (Å²) in [5, 5.41) is 5.63. The highest BCUT2D eigenvalue weighted by atomic mass is 16.2. The molecular formula is C15H25N5O2. The lowest BCUT2D eigenvalue weighted by atomic mass is 10.1. The summed E-state index contributed by atoms with van der Waals surface area (Å²) >= 11 is 0. The fraction of sp³-hybridized carbons (Fsp3) is 0.667. The molecule has 0 aromatic carbocycles. The maximum absolute atomic E-state index is 12.1. The number of rotatable bonds is 5. The summed E-state index contributed by atoms with van der Waals surface area (Å²) in [6, 6.07) is -0.0736. The molecular weight excluding hydrogens is 282 g/mol. The standard InChI is InChI=1S/C15H25N5O2/c1-11(2)14(21)17-5-6-18-15(22)20-8-4-12(10-20)13-16-7-9-19(13)3/h7,9,11-12H,4-6,8,10H2,1-3H3,(H,17,21)(H,18,22). The average Bonchev–Trinajstić information content (AvgIpc) is 3.11. The summed E-state index contributed by atoms with van der Waals surface area (Å²) in [4.78, 5) is 29.7. The van der Waals surface area contributed by atoms with E-state index in [1.54, 1.807) is 6.20 Å². The van der Waals surface area contributed by atoms with Crippen molar-refractivity contribution in [1.82, 2.24) is 25.1 Å². The Balaban J connectivity index is 1.71. The van der Waals surface area contributed by atoms with E-state index in [1.807, 2.05) is 36.6 Å². The van der Waals surface area contributed by atoms with Crippen molar-refractivity contribution in [2.45, 2.75) is 26.2 Å². The lowest BCUT2D eigenvalue weighted by Crippen LogP contribution is -2.42. The number of carbonyl (C=O) groups is 2. The Morgan fingerprint density at radius 3 is 2.73 bits per heavy atom. The van der Waals surface area contributed by atoms with Crippen LogP contribution in [0, 0.1) is 5.92 Å². The third kappa shape index (κ3) is 3.99. The maximum atomic E-state index is 12.1. The van der Waals surface area contributed by atoms with Crippen molar-refractivity contribution in [2.24, 2.45) is 13.0 Å². The van der Waals surface area contributed by atoms with E-state index >= 15 is 0 Å². The van der Waals surface area contributed by atoms with E-state index in [0.29, 0.717) is 25.6 Å². The van der Waals surface area contributed by atoms with Crippen molar-refractivity contribution in [3.05, 3.63) is 18.2 Å². The molecule has 2 N–H and O–H groups in total. The van der Waals surface area contributed by atoms with Crippen LogP contribution in [0.15, 0.2) is 12.4 Å². The van der Waals surface area contributed by atoms with Gasteiger partial charge in [-0.25, -0.2) is 9.78 Å². The van der Waals surface area contributed by atoms with Crippen LogP contribution in [-0.4, -0.2) is 52.6 Å². The minimum absolute atomic E-state index is 0.00488. The smallest absolute Gasteiger partial charge is 0.317 e. The molecule has 122 valence electrons. The highest BCUT2D eigenvalue weighted by Gasteiger charge is 2.29. The number of aromatic nitrogens is 2. The number of hydrogen-bond donors (Lipinski definition) is 2. The number of hydrogen-bond acceptors (Lipinski definition) is 3. The van der Waals surface area contributed by atoms with Crippen molar-refractivity contribution in [1.29, 1.82) is 0 Å². The van der Waals surface area contributed by atoms with Gasteiger partial charge in [-0.2, -0.15) is 0 Å². The monoisotopic (exact) mass is 307 g/mol. The van der Waals surface area contributed by atoms with Crippen LogP contribution in [0.3, 0.4) is 0 Å². The van der Waals surface area contributed by atoms with Crippen LogP contribution < -0.4 is 10.6 Å². The van der Waals surface area contributed by atoms with Gasteiger partial charge in [0.25, 0.3) is 0 Å². The normalized spacial score (nSPS) is 17.8. The van der Waals surface area contributed by atoms with Crippen LogP contribution in [0.4, 0.5) is 4.79 Å². The van der Waals surface area contributed by atoms with Crippen molar-refractivity contribution in [2.75, 3.05) is 26.2 Å². The lowest BCUT2D eigenvalue weighted by molar-refractivity contribution is -0.123. The maximum Gasteiger partial charge on any atom is 0.317 e. The highest BCUT2D eigenvalue weighted by Crippen LogP contribution is 2.25. The lowest BCUT2D eigenvalue weighted by Gasteiger charge is -2.17. The van der Waals surface area contributed by atoms with Gasteiger partial charge in [0.05, 0.1) is 0 Å². The van der Waals surface area contributed by atoms with Crippen LogP contribution in [0.25, 0.3) is 0 Å². The van der Waals surface area contributed by atoms with Gasteiger partial charge >= 0.3 is 6.03 Å². The van der Waals surface area contributed by atoms with Crippen LogP contribution >= 0.6 is 0 Å². The zero-order chi connectivity index (χ0) is 16.1. The van der Waals surface area contributed by atoms with E-state index in [1.165, 1.54) is 0 Å². The number of carbonyl (C=O) groups excluding carboxylic acids is 2. The van der Waals surface area contributed by atoms with E-state index in [2.05, 4.69) is 15.6 Å². The minimum atomic E-state index is -0.0736. The first kappa shape index (κ1) is 16.3. The molecule has 3 amide bonds. The third-order valence-corrected chi connectivity index (χ3v) is 3.92. The molecule has 7 heteroatoms. The molecule has 1 aliphatic heterocycles. The molecule has 0 spiro atoms. The predicted molar refractivity (Wildman–Crippen MR) is 83.4 cm³/mol. The van der Waals surface area contributed by atoms with Gasteiger partial charge in [-0.1, -0.05) is 13.8 Å². The van der Waals surface area contributed by atoms with Gasteiger partial charge < -0.3 is 20.1 Å². The molecule has 2 rings (SSSR count). The van der Waals surface area contributed by atoms with E-state index in [-0.39, 0.29) is 17.9 Å². The zero-order valence-electron chi connectivity index (χ0n) is 13.5. The van der Waals surface area contributed by atoms with E-state index in [0.717, 1.165) is 18.8 Å². The first-order chi connectivity index (χ1) is 10.5. The number of aryl methyl sites for hydroxylation is 1. The second kappa shape index (κ2) is 7.29. The highest BCUT2D eigenvalue weighted by molar-refractivity contribution is 5.78. The number of nitrogens with one attached hydrogen (secondary N) is 2. The third-order valence-electron chi connectivity index (χ3n) is 3.92. The molecule has 1 aromatic heterocycles. The topological polar surface area (TPSA) is 79.3 Å². The van der Waals surface area contributed by atoms with E-state index in [9.17, 15) is 9.59 Å². The molecule has 22 heavy (non-hydrogen) atoms. The number of imidazole rings is 1. The summed E-state index contributed by atoms with van der Waals surface area (Å²) in [7, 11) is 1.97. The molecule has 1 saturated heterocycles. The molecule has 0 radical (unpaired) electrons. The van der Waals surface area contributed by atoms with Gasteiger partial charge in [-0.15, -0.1) is 0 Å². The molecule has 7 nitrogen and oxygen atoms in total. The summed E-state index contributed by atoms with van der Waals surface area (Å²) in [6.45, 7) is 6.02. The fourth-order valence-electron chi connectivity index (χ4n) is 2.60. The fourth-order valence-corrected chi connectivity index (χ4v) is 2.60. The van der Waals surface area contributed by atoms with Gasteiger partial charge in [0.1, 0.15) is 5.82 Å². The number of amides is 3. The Bertz CT molecular complexity index is 526. The quantitative estimate of drug-likeness (QED) is 0.786. The molecule has 1 unspecified atom stereocenters. The number of likely N-dealkylation sites (tertiary alicyclic amines) is 1. The van der Waals surface area contributed by atoms with Crippen LogP contribution in [0.5, 0.6) is 0 Å². The Hall–Kier alpha value is -2.05. The first-order valence-corrected chi connectivity index (χ1v) is 7.76. The van der Waals surface area contributed by atoms with Crippen LogP contribution in [0.2, 0.25) is 0 Å². The van der Waals surface area contributed by atoms with Crippen molar-refractivity contribution >= 4 is 11.9 Å². The SMILES string of the molecule is CC(C)C(=O)NCCNC(=O)N1CCC(c2nccn2C)C1. The molecule has 0 aliphatic carbocycles. The Labute approximate surface area is 131 Å². The summed E-state index contributed by atoms with van der Waals surface area (Å²) in [6.07, 6.45) is 4.65. The number of nitrogens with zero attached hydrogens (tertiary/aromatic N) is 3. The molecule has 0 bridgehead atoms. The zero-order valence-corrected chi connectivity index (χ0v) is 13.5. The molecule has 1 atom stereocenters. The van der Waals surface area contributed by atoms with Gasteiger partial charge in [0.2, 0.25) is 5.91 Å². The molecule has 1 aromatic rings. The second-order valence-corrected chi connectivity index (χ2v) is 6.01. The van der Waals surface area contributed by atoms with Crippen molar-refractivity contribution in [3.8, 4) is 0 Å². The Morgan fingerprint density at radius 2 is 2.09 bits per heavy atom. The summed E-state index contributed by atoms with van der Waals surface area (Å²) < 4.78 is 2.01. The molecule has 0 saturated carbocycles. The summed E-state index contributed by atoms with van der Waals surface area (Å²) in [5.74, 6) is 1.30. The number of urea groups is 1. The largest absolute Gasteiger partial charge is 0.354 e. The van der Waals surface area contributed by atoms with E-state index in [4.69, 9.17) is 0 Å². The van der Waals surface area contributed by atoms with Crippen LogP contribution in [0.1, 0.15) is 32.0 Å². The Morgan fingerprint density at radius 1 is 1.36 bits per heavy atom. The van der Waals surface area contributed by atoms with Crippen LogP contribution in [-0.2, 0) is 11.8 Å². The van der Waals surface area contributed by atoms with Gasteiger partial charge in [0.15, 0.2) is 0 Å². The Kier molecular flexibility index (Phi) is 5.41. The molecule has 2 heterocycles. The van der Waals surface area contributed by atoms with E-state index < -0.39 is 0 Å². The van der Waals surface area contributed by atoms with Crippen molar-refractivity contribution in [3.63, 3.8) is 0 Å². The van der Waals surface area contributed by atoms with Crippen molar-refractivity contribution < 1.29 is 9.59 Å². The summed E-state index contributed by atoms with van der Waals surface area (Å²) in [5.41, 5.74) is 0. The van der Waals surface area contributed by atoms with Gasteiger partial charge in [0, 0.05) is 57.5 Å². The molecule has 1 fully saturated rings. The minimum Gasteiger partial charge on any atom is -0.354 e. The second-order valence-electron chi connectivity index (χ2n) is 6.01. The van der Waals surface area contributed by atoms with Gasteiger partial charge in [-0.3, -0.25) is 4.79 Å². The molecule has 1 aliphatic rings. The average molecular weight is 307 g/mol. The predicted octanol–water partition coefficient (Wildman–Crippen LogP) is 0.691. The van der Waals surface area contributed by atoms with Gasteiger partial charge in [-0.05, 0) is 6.42 Å².